The van der Waals surface area contributed by atoms with Crippen molar-refractivity contribution in [3.63, 3.8) is 0 Å². The van der Waals surface area contributed by atoms with Crippen LogP contribution in [0, 0.1) is 22.0 Å². The van der Waals surface area contributed by atoms with E-state index in [9.17, 15) is 15.2 Å². The summed E-state index contributed by atoms with van der Waals surface area (Å²) in [7, 11) is 3.63. The van der Waals surface area contributed by atoms with E-state index in [0.29, 0.717) is 30.4 Å². The number of thioether (sulfide) groups is 1. The van der Waals surface area contributed by atoms with Crippen molar-refractivity contribution in [2.45, 2.75) is 112 Å². The van der Waals surface area contributed by atoms with Crippen LogP contribution in [-0.2, 0) is 9.47 Å². The third-order valence-electron chi connectivity index (χ3n) is 9.24. The van der Waals surface area contributed by atoms with Gasteiger partial charge in [-0.2, -0.15) is 0 Å². The topological polar surface area (TPSA) is 121 Å². The van der Waals surface area contributed by atoms with Gasteiger partial charge in [0.25, 0.3) is 0 Å². The molecule has 0 aromatic carbocycles. The molecule has 7 unspecified atom stereocenters. The minimum Gasteiger partial charge on any atom is -0.394 e. The number of aliphatic hydroxyl groups excluding tert-OH is 1. The van der Waals surface area contributed by atoms with Crippen LogP contribution in [0.5, 0.6) is 0 Å². The first-order valence-electron chi connectivity index (χ1n) is 13.8. The highest BCUT2D eigenvalue weighted by Gasteiger charge is 2.51. The number of rotatable bonds is 8. The van der Waals surface area contributed by atoms with E-state index in [1.807, 2.05) is 14.2 Å². The molecule has 204 valence electrons. The molecular weight excluding hydrogens is 482 g/mol. The lowest BCUT2D eigenvalue weighted by molar-refractivity contribution is -0.529. The number of fused-ring (bicyclic) bond motifs is 1. The molecule has 2 heterocycles. The third kappa shape index (κ3) is 5.24. The lowest BCUT2D eigenvalue weighted by Gasteiger charge is -2.41. The van der Waals surface area contributed by atoms with Gasteiger partial charge in [0, 0.05) is 37.5 Å². The number of nitro groups is 1. The van der Waals surface area contributed by atoms with Crippen molar-refractivity contribution in [3.8, 4) is 0 Å². The minimum absolute atomic E-state index is 0.0401. The van der Waals surface area contributed by atoms with Crippen molar-refractivity contribution in [3.05, 3.63) is 21.5 Å². The zero-order chi connectivity index (χ0) is 25.2. The van der Waals surface area contributed by atoms with E-state index in [2.05, 4.69) is 21.1 Å². The van der Waals surface area contributed by atoms with Crippen molar-refractivity contribution >= 4 is 11.8 Å². The SMILES string of the molecule is COC1CCC(C2=C(NC3CCCCC3[N+](=O)[O-])N(C3NNC(CO)S3)C3CCC(OC)CC23)CC1. The van der Waals surface area contributed by atoms with Crippen molar-refractivity contribution in [2.24, 2.45) is 11.8 Å². The Morgan fingerprint density at radius 2 is 1.78 bits per heavy atom. The van der Waals surface area contributed by atoms with Crippen LogP contribution in [0.25, 0.3) is 0 Å². The van der Waals surface area contributed by atoms with Crippen LogP contribution in [0.3, 0.4) is 0 Å². The molecule has 5 aliphatic rings. The van der Waals surface area contributed by atoms with Gasteiger partial charge in [-0.3, -0.25) is 10.1 Å². The molecule has 3 saturated carbocycles. The smallest absolute Gasteiger partial charge is 0.232 e. The van der Waals surface area contributed by atoms with Gasteiger partial charge >= 0.3 is 0 Å². The van der Waals surface area contributed by atoms with Gasteiger partial charge in [-0.1, -0.05) is 18.2 Å². The Kier molecular flexibility index (Phi) is 8.64. The molecule has 4 fully saturated rings. The third-order valence-corrected chi connectivity index (χ3v) is 10.4. The van der Waals surface area contributed by atoms with Gasteiger partial charge in [-0.25, -0.2) is 10.9 Å². The van der Waals surface area contributed by atoms with Gasteiger partial charge < -0.3 is 24.8 Å². The molecular formula is C25H43N5O5S. The number of methoxy groups -OCH3 is 2. The van der Waals surface area contributed by atoms with Gasteiger partial charge in [0.2, 0.25) is 6.04 Å². The molecule has 0 aromatic heterocycles. The number of hydrazine groups is 1. The van der Waals surface area contributed by atoms with Crippen LogP contribution in [0.15, 0.2) is 11.4 Å². The normalized spacial score (nSPS) is 41.4. The summed E-state index contributed by atoms with van der Waals surface area (Å²) in [5.74, 6) is 1.92. The predicted molar refractivity (Wildman–Crippen MR) is 138 cm³/mol. The fraction of sp³-hybridized carbons (Fsp3) is 0.920. The van der Waals surface area contributed by atoms with Gasteiger partial charge in [-0.05, 0) is 69.3 Å². The summed E-state index contributed by atoms with van der Waals surface area (Å²) in [5.41, 5.74) is 8.06. The van der Waals surface area contributed by atoms with E-state index in [1.165, 1.54) is 5.57 Å². The van der Waals surface area contributed by atoms with Crippen LogP contribution in [0.2, 0.25) is 0 Å². The van der Waals surface area contributed by atoms with Crippen molar-refractivity contribution in [1.29, 1.82) is 0 Å². The Morgan fingerprint density at radius 3 is 2.44 bits per heavy atom. The van der Waals surface area contributed by atoms with Crippen LogP contribution < -0.4 is 16.2 Å². The Bertz CT molecular complexity index is 810. The molecule has 36 heavy (non-hydrogen) atoms. The van der Waals surface area contributed by atoms with Crippen LogP contribution in [-0.4, -0.2) is 77.0 Å². The standard InChI is InChI=1S/C25H43N5O5S/c1-34-16-9-7-15(8-10-16)23-18-13-17(35-2)11-12-20(18)29(25-28-27-22(14-31)36-25)24(23)26-19-5-3-4-6-21(19)30(32)33/h15-22,25-28,31H,3-14H2,1-2H3. The van der Waals surface area contributed by atoms with Gasteiger partial charge in [-0.15, -0.1) is 0 Å². The molecule has 0 bridgehead atoms. The first-order chi connectivity index (χ1) is 17.5. The van der Waals surface area contributed by atoms with E-state index in [4.69, 9.17) is 9.47 Å². The minimum atomic E-state index is -0.555. The summed E-state index contributed by atoms with van der Waals surface area (Å²) >= 11 is 1.69. The number of nitrogens with one attached hydrogen (secondary N) is 3. The molecule has 3 aliphatic carbocycles. The molecule has 5 rings (SSSR count). The molecule has 11 heteroatoms. The number of aliphatic hydroxyl groups is 1. The van der Waals surface area contributed by atoms with Crippen molar-refractivity contribution < 1.29 is 19.5 Å². The van der Waals surface area contributed by atoms with E-state index in [-0.39, 0.29) is 34.5 Å². The van der Waals surface area contributed by atoms with Crippen molar-refractivity contribution in [2.75, 3.05) is 20.8 Å². The second-order valence-corrected chi connectivity index (χ2v) is 12.4. The maximum atomic E-state index is 12.0. The molecule has 0 amide bonds. The summed E-state index contributed by atoms with van der Waals surface area (Å²) < 4.78 is 11.5. The highest BCUT2D eigenvalue weighted by atomic mass is 32.2. The quantitative estimate of drug-likeness (QED) is 0.278. The van der Waals surface area contributed by atoms with E-state index in [1.54, 1.807) is 11.8 Å². The average Bonchev–Trinajstić information content (AvgIpc) is 3.50. The number of hydrogen-bond acceptors (Lipinski definition) is 10. The van der Waals surface area contributed by atoms with Crippen LogP contribution in [0.1, 0.15) is 70.6 Å². The highest BCUT2D eigenvalue weighted by Crippen LogP contribution is 2.50. The number of hydrogen-bond donors (Lipinski definition) is 4. The Morgan fingerprint density at radius 1 is 1.06 bits per heavy atom. The fourth-order valence-corrected chi connectivity index (χ4v) is 8.42. The maximum Gasteiger partial charge on any atom is 0.232 e. The summed E-state index contributed by atoms with van der Waals surface area (Å²) in [6.45, 7) is 0.0498. The summed E-state index contributed by atoms with van der Waals surface area (Å²) in [5, 5.41) is 25.5. The molecule has 0 radical (unpaired) electrons. The fourth-order valence-electron chi connectivity index (χ4n) is 7.36. The van der Waals surface area contributed by atoms with Crippen LogP contribution >= 0.6 is 11.8 Å². The second-order valence-electron chi connectivity index (χ2n) is 11.1. The Labute approximate surface area is 218 Å². The molecule has 4 N–H and O–H groups in total. The Hall–Kier alpha value is -1.11. The van der Waals surface area contributed by atoms with Gasteiger partial charge in [0.1, 0.15) is 11.3 Å². The number of ether oxygens (including phenoxy) is 2. The second kappa shape index (κ2) is 11.7. The predicted octanol–water partition coefficient (Wildman–Crippen LogP) is 2.52. The lowest BCUT2D eigenvalue weighted by atomic mass is 9.72. The lowest BCUT2D eigenvalue weighted by Crippen LogP contribution is -2.54. The van der Waals surface area contributed by atoms with Gasteiger partial charge in [0.05, 0.1) is 30.2 Å². The van der Waals surface area contributed by atoms with E-state index >= 15 is 0 Å². The molecule has 10 nitrogen and oxygen atoms in total. The Balaban J connectivity index is 1.52. The summed E-state index contributed by atoms with van der Waals surface area (Å²) in [6.07, 6.45) is 11.3. The number of nitrogens with zero attached hydrogens (tertiary/aromatic N) is 2. The highest BCUT2D eigenvalue weighted by molar-refractivity contribution is 8.00. The molecule has 0 spiro atoms. The molecule has 7 atom stereocenters. The van der Waals surface area contributed by atoms with Crippen LogP contribution in [0.4, 0.5) is 0 Å². The summed E-state index contributed by atoms with van der Waals surface area (Å²) in [4.78, 5) is 14.4. The van der Waals surface area contributed by atoms with Gasteiger partial charge in [0.15, 0.2) is 0 Å². The van der Waals surface area contributed by atoms with E-state index < -0.39 is 6.04 Å². The van der Waals surface area contributed by atoms with Crippen molar-refractivity contribution in [1.82, 2.24) is 21.1 Å². The molecule has 0 aromatic rings. The average molecular weight is 526 g/mol. The maximum absolute atomic E-state index is 12.0. The zero-order valence-electron chi connectivity index (χ0n) is 21.6. The zero-order valence-corrected chi connectivity index (χ0v) is 22.4. The summed E-state index contributed by atoms with van der Waals surface area (Å²) in [6, 6.07) is -0.403. The monoisotopic (exact) mass is 525 g/mol. The molecule has 2 aliphatic heterocycles. The molecule has 1 saturated heterocycles. The first-order valence-corrected chi connectivity index (χ1v) is 14.7. The first kappa shape index (κ1) is 26.5. The largest absolute Gasteiger partial charge is 0.394 e. The van der Waals surface area contributed by atoms with E-state index in [0.717, 1.165) is 70.0 Å².